The maximum absolute atomic E-state index is 11.1. The first kappa shape index (κ1) is 21.3. The molecular weight excluding hydrogens is 430 g/mol. The van der Waals surface area contributed by atoms with Crippen LogP contribution < -0.4 is 5.32 Å². The van der Waals surface area contributed by atoms with Crippen LogP contribution in [-0.2, 0) is 19.6 Å². The minimum Gasteiger partial charge on any atom is -0.493 e. The lowest BCUT2D eigenvalue weighted by atomic mass is 10.0. The molecule has 7 heteroatoms. The van der Waals surface area contributed by atoms with Crippen molar-refractivity contribution >= 4 is 39.6 Å². The maximum atomic E-state index is 11.1. The predicted octanol–water partition coefficient (Wildman–Crippen LogP) is 6.15. The maximum Gasteiger partial charge on any atom is 0.221 e. The highest BCUT2D eigenvalue weighted by Gasteiger charge is 2.21. The number of aromatic nitrogens is 1. The summed E-state index contributed by atoms with van der Waals surface area (Å²) in [6, 6.07) is 24.2. The van der Waals surface area contributed by atoms with Crippen LogP contribution in [-0.4, -0.2) is 26.2 Å². The van der Waals surface area contributed by atoms with Gasteiger partial charge in [-0.25, -0.2) is 0 Å². The van der Waals surface area contributed by atoms with Crippen molar-refractivity contribution in [2.75, 3.05) is 11.9 Å². The number of rotatable bonds is 4. The third-order valence-corrected chi connectivity index (χ3v) is 6.28. The molecule has 0 fully saturated rings. The number of thiocarbonyl (C=S) groups is 1. The second-order valence-corrected chi connectivity index (χ2v) is 8.66. The Labute approximate surface area is 198 Å². The largest absolute Gasteiger partial charge is 0.493 e. The van der Waals surface area contributed by atoms with Crippen molar-refractivity contribution in [3.63, 3.8) is 0 Å². The van der Waals surface area contributed by atoms with Gasteiger partial charge in [0, 0.05) is 24.2 Å². The molecule has 2 heterocycles. The third-order valence-electron chi connectivity index (χ3n) is 6.10. The Morgan fingerprint density at radius 2 is 1.73 bits per heavy atom. The van der Waals surface area contributed by atoms with Gasteiger partial charge in [-0.1, -0.05) is 60.7 Å². The molecule has 0 saturated carbocycles. The average molecular weight is 456 g/mol. The molecule has 166 valence electrons. The Hall–Kier alpha value is -3.55. The van der Waals surface area contributed by atoms with Gasteiger partial charge >= 0.3 is 0 Å². The molecule has 0 aliphatic carbocycles. The minimum atomic E-state index is 0.0949. The summed E-state index contributed by atoms with van der Waals surface area (Å²) in [4.78, 5) is 2.33. The lowest BCUT2D eigenvalue weighted by molar-refractivity contribution is 0.194. The first-order chi connectivity index (χ1) is 16.1. The highest BCUT2D eigenvalue weighted by atomic mass is 32.1. The van der Waals surface area contributed by atoms with Crippen molar-refractivity contribution in [1.82, 2.24) is 9.47 Å². The minimum absolute atomic E-state index is 0.0949. The molecule has 0 atom stereocenters. The Bertz CT molecular complexity index is 1360. The van der Waals surface area contributed by atoms with Gasteiger partial charge in [-0.2, -0.15) is 0 Å². The molecule has 1 aliphatic heterocycles. The fourth-order valence-corrected chi connectivity index (χ4v) is 4.49. The van der Waals surface area contributed by atoms with Crippen molar-refractivity contribution in [2.45, 2.75) is 26.6 Å². The Balaban J connectivity index is 1.40. The number of nitrogens with zero attached hydrogens (tertiary/aromatic N) is 4. The van der Waals surface area contributed by atoms with Gasteiger partial charge in [0.2, 0.25) is 11.0 Å². The zero-order chi connectivity index (χ0) is 22.8. The molecule has 0 saturated heterocycles. The number of nitrogens with one attached hydrogen (secondary N) is 1. The molecular formula is C26H25N5OS. The number of aryl methyl sites for hydroxylation is 1. The lowest BCUT2D eigenvalue weighted by Crippen LogP contribution is -2.32. The molecule has 0 amide bonds. The fourth-order valence-electron chi connectivity index (χ4n) is 4.34. The molecule has 3 aromatic carbocycles. The molecule has 1 aliphatic rings. The average Bonchev–Trinajstić information content (AvgIpc) is 3.10. The second kappa shape index (κ2) is 9.13. The topological polar surface area (TPSA) is 65.2 Å². The van der Waals surface area contributed by atoms with Crippen LogP contribution in [0.3, 0.4) is 0 Å². The summed E-state index contributed by atoms with van der Waals surface area (Å²) in [6.45, 7) is 4.36. The van der Waals surface area contributed by atoms with Crippen LogP contribution in [0.15, 0.2) is 83.0 Å². The number of azo groups is 1. The van der Waals surface area contributed by atoms with E-state index in [1.54, 1.807) is 0 Å². The van der Waals surface area contributed by atoms with Gasteiger partial charge in [0.15, 0.2) is 5.69 Å². The van der Waals surface area contributed by atoms with Gasteiger partial charge in [0.05, 0.1) is 12.2 Å². The summed E-state index contributed by atoms with van der Waals surface area (Å²) in [5, 5.41) is 23.8. The van der Waals surface area contributed by atoms with Crippen molar-refractivity contribution in [2.24, 2.45) is 10.2 Å². The molecule has 33 heavy (non-hydrogen) atoms. The van der Waals surface area contributed by atoms with Crippen LogP contribution in [0, 0.1) is 6.92 Å². The van der Waals surface area contributed by atoms with Gasteiger partial charge in [-0.15, -0.1) is 10.2 Å². The summed E-state index contributed by atoms with van der Waals surface area (Å²) in [5.41, 5.74) is 6.04. The van der Waals surface area contributed by atoms with E-state index in [4.69, 9.17) is 12.2 Å². The van der Waals surface area contributed by atoms with Crippen LogP contribution in [0.2, 0.25) is 0 Å². The van der Waals surface area contributed by atoms with Crippen molar-refractivity contribution < 1.29 is 5.11 Å². The lowest BCUT2D eigenvalue weighted by Gasteiger charge is -2.29. The molecule has 0 bridgehead atoms. The van der Waals surface area contributed by atoms with Gasteiger partial charge in [-0.05, 0) is 54.4 Å². The molecule has 2 N–H and O–H groups in total. The van der Waals surface area contributed by atoms with Crippen molar-refractivity contribution in [3.8, 4) is 5.88 Å². The van der Waals surface area contributed by atoms with Gasteiger partial charge < -0.3 is 10.4 Å². The molecule has 0 unspecified atom stereocenters. The molecule has 4 aromatic rings. The Morgan fingerprint density at radius 1 is 1.00 bits per heavy atom. The Morgan fingerprint density at radius 3 is 2.58 bits per heavy atom. The van der Waals surface area contributed by atoms with Crippen molar-refractivity contribution in [3.05, 3.63) is 89.5 Å². The van der Waals surface area contributed by atoms with Gasteiger partial charge in [-0.3, -0.25) is 9.47 Å². The van der Waals surface area contributed by atoms with Gasteiger partial charge in [0.25, 0.3) is 0 Å². The summed E-state index contributed by atoms with van der Waals surface area (Å²) in [6.07, 6.45) is 1.00. The third kappa shape index (κ3) is 4.37. The van der Waals surface area contributed by atoms with E-state index in [0.29, 0.717) is 12.4 Å². The van der Waals surface area contributed by atoms with Crippen LogP contribution >= 0.6 is 12.2 Å². The predicted molar refractivity (Wildman–Crippen MR) is 136 cm³/mol. The van der Waals surface area contributed by atoms with E-state index >= 15 is 0 Å². The quantitative estimate of drug-likeness (QED) is 0.286. The standard InChI is InChI=1S/C26H25N5OS/c1-18-8-2-6-12-22(18)27-26(33)29-28-24-21-11-5-7-13-23(21)31(25(24)32)17-30-15-14-19-9-3-4-10-20(19)16-30/h2-13,32H,14-17H2,1H3,(H,27,33). The number of aromatic hydroxyl groups is 1. The number of anilines is 1. The van der Waals surface area contributed by atoms with Crippen LogP contribution in [0.1, 0.15) is 16.7 Å². The zero-order valence-electron chi connectivity index (χ0n) is 18.4. The first-order valence-corrected chi connectivity index (χ1v) is 11.4. The highest BCUT2D eigenvalue weighted by Crippen LogP contribution is 2.39. The summed E-state index contributed by atoms with van der Waals surface area (Å²) < 4.78 is 1.90. The van der Waals surface area contributed by atoms with E-state index in [1.165, 1.54) is 11.1 Å². The number of para-hydroxylation sites is 2. The van der Waals surface area contributed by atoms with Crippen LogP contribution in [0.4, 0.5) is 11.4 Å². The van der Waals surface area contributed by atoms with E-state index in [9.17, 15) is 5.11 Å². The Kier molecular flexibility index (Phi) is 5.90. The first-order valence-electron chi connectivity index (χ1n) is 11.0. The van der Waals surface area contributed by atoms with Gasteiger partial charge in [0.1, 0.15) is 0 Å². The smallest absolute Gasteiger partial charge is 0.221 e. The van der Waals surface area contributed by atoms with E-state index in [1.807, 2.05) is 60.0 Å². The van der Waals surface area contributed by atoms with Crippen molar-refractivity contribution in [1.29, 1.82) is 0 Å². The van der Waals surface area contributed by atoms with Crippen LogP contribution in [0.5, 0.6) is 5.88 Å². The van der Waals surface area contributed by atoms with E-state index in [2.05, 4.69) is 44.7 Å². The number of hydrogen-bond donors (Lipinski definition) is 2. The van der Waals surface area contributed by atoms with E-state index in [0.717, 1.165) is 41.7 Å². The fraction of sp³-hybridized carbons (Fsp3) is 0.192. The summed E-state index contributed by atoms with van der Waals surface area (Å²) in [7, 11) is 0. The summed E-state index contributed by atoms with van der Waals surface area (Å²) in [5.74, 6) is 0.0949. The van der Waals surface area contributed by atoms with Crippen LogP contribution in [0.25, 0.3) is 10.9 Å². The monoisotopic (exact) mass is 455 g/mol. The summed E-state index contributed by atoms with van der Waals surface area (Å²) >= 11 is 5.37. The normalized spacial score (nSPS) is 14.0. The molecule has 6 nitrogen and oxygen atoms in total. The molecule has 0 spiro atoms. The molecule has 5 rings (SSSR count). The number of fused-ring (bicyclic) bond motifs is 2. The highest BCUT2D eigenvalue weighted by molar-refractivity contribution is 7.80. The van der Waals surface area contributed by atoms with E-state index in [-0.39, 0.29) is 11.0 Å². The molecule has 0 radical (unpaired) electrons. The SMILES string of the molecule is Cc1ccccc1NC(=S)N=Nc1c(O)n(CN2CCc3ccccc3C2)c2ccccc12. The number of benzene rings is 3. The zero-order valence-corrected chi connectivity index (χ0v) is 19.2. The number of hydrogen-bond acceptors (Lipinski definition) is 4. The van der Waals surface area contributed by atoms with E-state index < -0.39 is 0 Å². The second-order valence-electron chi connectivity index (χ2n) is 8.28. The molecule has 1 aromatic heterocycles.